The molecule has 0 radical (unpaired) electrons. The van der Waals surface area contributed by atoms with Gasteiger partial charge in [-0.15, -0.1) is 0 Å². The molecule has 2 aliphatic rings. The van der Waals surface area contributed by atoms with Gasteiger partial charge in [0.1, 0.15) is 11.8 Å². The van der Waals surface area contributed by atoms with Crippen molar-refractivity contribution in [1.82, 2.24) is 9.88 Å². The number of aromatic nitrogens is 1. The molecule has 4 nitrogen and oxygen atoms in total. The van der Waals surface area contributed by atoms with Crippen LogP contribution < -0.4 is 0 Å². The molecule has 0 bridgehead atoms. The molecule has 0 amide bonds. The van der Waals surface area contributed by atoms with Crippen LogP contribution in [0.15, 0.2) is 52.1 Å². The number of amidine groups is 1. The van der Waals surface area contributed by atoms with E-state index >= 15 is 0 Å². The molecule has 1 saturated heterocycles. The Balaban J connectivity index is 1.79. The van der Waals surface area contributed by atoms with E-state index in [1.165, 1.54) is 0 Å². The number of aromatic hydroxyl groups is 1. The van der Waals surface area contributed by atoms with Gasteiger partial charge in [-0.25, -0.2) is 0 Å². The van der Waals surface area contributed by atoms with Crippen LogP contribution in [0.5, 0.6) is 5.75 Å². The van der Waals surface area contributed by atoms with Gasteiger partial charge >= 0.3 is 0 Å². The molecule has 1 N–H and O–H groups in total. The van der Waals surface area contributed by atoms with Crippen molar-refractivity contribution in [1.29, 1.82) is 0 Å². The standard InChI is InChI=1S/C17H16BrN3OS/c1-10-9-21-16(11-5-6-14(22)12(18)8-11)15(20-17(21)23-10)13-4-2-3-7-19-13/h2-8,10,15-16,22H,9H2,1H3/t10-,15-,16+/m1/s1. The molecule has 0 aliphatic carbocycles. The normalized spacial score (nSPS) is 26.3. The first-order chi connectivity index (χ1) is 11.1. The van der Waals surface area contributed by atoms with E-state index in [4.69, 9.17) is 4.99 Å². The molecule has 3 atom stereocenters. The van der Waals surface area contributed by atoms with Gasteiger partial charge in [-0.05, 0) is 45.8 Å². The van der Waals surface area contributed by atoms with Gasteiger partial charge < -0.3 is 10.0 Å². The second-order valence-corrected chi connectivity index (χ2v) is 8.11. The van der Waals surface area contributed by atoms with Crippen molar-refractivity contribution in [3.05, 3.63) is 58.3 Å². The van der Waals surface area contributed by atoms with E-state index in [0.717, 1.165) is 23.0 Å². The second-order valence-electron chi connectivity index (χ2n) is 5.85. The Morgan fingerprint density at radius 2 is 2.17 bits per heavy atom. The molecular weight excluding hydrogens is 374 g/mol. The number of benzene rings is 1. The largest absolute Gasteiger partial charge is 0.507 e. The van der Waals surface area contributed by atoms with Crippen LogP contribution >= 0.6 is 27.7 Å². The number of thioether (sulfide) groups is 1. The van der Waals surface area contributed by atoms with E-state index in [1.54, 1.807) is 6.07 Å². The van der Waals surface area contributed by atoms with E-state index in [9.17, 15) is 5.11 Å². The predicted molar refractivity (Wildman–Crippen MR) is 96.7 cm³/mol. The van der Waals surface area contributed by atoms with Crippen LogP contribution in [-0.2, 0) is 0 Å². The molecular formula is C17H16BrN3OS. The summed E-state index contributed by atoms with van der Waals surface area (Å²) in [6, 6.07) is 11.8. The fourth-order valence-electron chi connectivity index (χ4n) is 3.19. The predicted octanol–water partition coefficient (Wildman–Crippen LogP) is 4.14. The first-order valence-corrected chi connectivity index (χ1v) is 9.21. The van der Waals surface area contributed by atoms with E-state index < -0.39 is 0 Å². The second kappa shape index (κ2) is 5.83. The minimum absolute atomic E-state index is 0.0114. The van der Waals surface area contributed by atoms with Crippen molar-refractivity contribution in [3.63, 3.8) is 0 Å². The number of pyridine rings is 1. The number of aliphatic imine (C=N–C) groups is 1. The third-order valence-corrected chi connectivity index (χ3v) is 5.93. The van der Waals surface area contributed by atoms with E-state index in [1.807, 2.05) is 48.3 Å². The number of fused-ring (bicyclic) bond motifs is 1. The van der Waals surface area contributed by atoms with E-state index in [-0.39, 0.29) is 17.8 Å². The highest BCUT2D eigenvalue weighted by atomic mass is 79.9. The smallest absolute Gasteiger partial charge is 0.160 e. The number of phenolic OH excluding ortho intramolecular Hbond substituents is 1. The topological polar surface area (TPSA) is 48.7 Å². The SMILES string of the molecule is C[C@@H]1CN2C(=N[C@H](c3ccccn3)[C@@H]2c2ccc(O)c(Br)c2)S1. The van der Waals surface area contributed by atoms with Gasteiger partial charge in [-0.1, -0.05) is 30.8 Å². The van der Waals surface area contributed by atoms with Gasteiger partial charge in [-0.2, -0.15) is 0 Å². The maximum Gasteiger partial charge on any atom is 0.160 e. The zero-order valence-corrected chi connectivity index (χ0v) is 15.0. The molecule has 3 heterocycles. The Hall–Kier alpha value is -1.53. The highest BCUT2D eigenvalue weighted by Gasteiger charge is 2.43. The number of rotatable bonds is 2. The van der Waals surface area contributed by atoms with Gasteiger partial charge in [0.05, 0.1) is 16.2 Å². The number of hydrogen-bond donors (Lipinski definition) is 1. The summed E-state index contributed by atoms with van der Waals surface area (Å²) >= 11 is 5.25. The Kier molecular flexibility index (Phi) is 3.81. The molecule has 118 valence electrons. The first kappa shape index (κ1) is 15.0. The van der Waals surface area contributed by atoms with Crippen LogP contribution in [0.3, 0.4) is 0 Å². The molecule has 0 unspecified atom stereocenters. The van der Waals surface area contributed by atoms with Gasteiger partial charge in [0.25, 0.3) is 0 Å². The van der Waals surface area contributed by atoms with Crippen molar-refractivity contribution >= 4 is 32.9 Å². The summed E-state index contributed by atoms with van der Waals surface area (Å²) in [7, 11) is 0. The molecule has 0 spiro atoms. The molecule has 2 aliphatic heterocycles. The maximum atomic E-state index is 9.79. The van der Waals surface area contributed by atoms with Gasteiger partial charge in [0, 0.05) is 18.0 Å². The number of nitrogens with zero attached hydrogens (tertiary/aromatic N) is 3. The third-order valence-electron chi connectivity index (χ3n) is 4.19. The Bertz CT molecular complexity index is 768. The lowest BCUT2D eigenvalue weighted by Gasteiger charge is -2.27. The summed E-state index contributed by atoms with van der Waals surface area (Å²) in [6.07, 6.45) is 1.82. The lowest BCUT2D eigenvalue weighted by atomic mass is 9.96. The zero-order chi connectivity index (χ0) is 16.0. The van der Waals surface area contributed by atoms with Crippen LogP contribution in [0, 0.1) is 0 Å². The highest BCUT2D eigenvalue weighted by molar-refractivity contribution is 9.10. The Morgan fingerprint density at radius 3 is 2.91 bits per heavy atom. The molecule has 6 heteroatoms. The van der Waals surface area contributed by atoms with Crippen molar-refractivity contribution in [3.8, 4) is 5.75 Å². The molecule has 4 rings (SSSR count). The molecule has 1 fully saturated rings. The lowest BCUT2D eigenvalue weighted by molar-refractivity contribution is 0.321. The Labute approximate surface area is 147 Å². The van der Waals surface area contributed by atoms with Gasteiger partial charge in [0.2, 0.25) is 0 Å². The summed E-state index contributed by atoms with van der Waals surface area (Å²) in [5.74, 6) is 0.256. The van der Waals surface area contributed by atoms with Crippen molar-refractivity contribution in [2.24, 2.45) is 4.99 Å². The molecule has 1 aromatic heterocycles. The summed E-state index contributed by atoms with van der Waals surface area (Å²) in [5, 5.41) is 11.4. The maximum absolute atomic E-state index is 9.79. The summed E-state index contributed by atoms with van der Waals surface area (Å²) in [4.78, 5) is 11.8. The lowest BCUT2D eigenvalue weighted by Crippen LogP contribution is -2.28. The number of phenols is 1. The van der Waals surface area contributed by atoms with E-state index in [0.29, 0.717) is 9.72 Å². The minimum Gasteiger partial charge on any atom is -0.507 e. The fraction of sp³-hybridized carbons (Fsp3) is 0.294. The summed E-state index contributed by atoms with van der Waals surface area (Å²) in [6.45, 7) is 3.21. The minimum atomic E-state index is -0.0114. The Morgan fingerprint density at radius 1 is 1.30 bits per heavy atom. The first-order valence-electron chi connectivity index (χ1n) is 7.54. The molecule has 2 aromatic rings. The van der Waals surface area contributed by atoms with E-state index in [2.05, 4.69) is 32.7 Å². The molecule has 0 saturated carbocycles. The fourth-order valence-corrected chi connectivity index (χ4v) is 4.67. The average molecular weight is 390 g/mol. The van der Waals surface area contributed by atoms with Gasteiger partial charge in [0.15, 0.2) is 5.17 Å². The van der Waals surface area contributed by atoms with Crippen LogP contribution in [0.25, 0.3) is 0 Å². The van der Waals surface area contributed by atoms with Crippen molar-refractivity contribution in [2.75, 3.05) is 6.54 Å². The summed E-state index contributed by atoms with van der Waals surface area (Å²) < 4.78 is 0.711. The monoisotopic (exact) mass is 389 g/mol. The average Bonchev–Trinajstić information content (AvgIpc) is 3.07. The van der Waals surface area contributed by atoms with Crippen LogP contribution in [-0.4, -0.2) is 32.0 Å². The summed E-state index contributed by atoms with van der Waals surface area (Å²) in [5.41, 5.74) is 2.12. The zero-order valence-electron chi connectivity index (χ0n) is 12.6. The number of halogens is 1. The quantitative estimate of drug-likeness (QED) is 0.838. The highest BCUT2D eigenvalue weighted by Crippen LogP contribution is 2.48. The molecule has 1 aromatic carbocycles. The van der Waals surface area contributed by atoms with Crippen LogP contribution in [0.2, 0.25) is 0 Å². The number of hydrogen-bond acceptors (Lipinski definition) is 5. The van der Waals surface area contributed by atoms with Crippen LogP contribution in [0.1, 0.15) is 30.3 Å². The van der Waals surface area contributed by atoms with Crippen molar-refractivity contribution < 1.29 is 5.11 Å². The van der Waals surface area contributed by atoms with Crippen molar-refractivity contribution in [2.45, 2.75) is 24.3 Å². The van der Waals surface area contributed by atoms with Crippen LogP contribution in [0.4, 0.5) is 0 Å². The molecule has 23 heavy (non-hydrogen) atoms. The van der Waals surface area contributed by atoms with Gasteiger partial charge in [-0.3, -0.25) is 9.98 Å². The third kappa shape index (κ3) is 2.64.